The van der Waals surface area contributed by atoms with Gasteiger partial charge in [0.2, 0.25) is 5.43 Å². The highest BCUT2D eigenvalue weighted by Crippen LogP contribution is 2.27. The number of aromatic carboxylic acids is 1. The Morgan fingerprint density at radius 3 is 2.85 bits per heavy atom. The minimum absolute atomic E-state index is 0.184. The highest BCUT2D eigenvalue weighted by molar-refractivity contribution is 7.12. The Hall–Kier alpha value is -2.78. The average Bonchev–Trinajstić information content (AvgIpc) is 3.11. The molecule has 0 bridgehead atoms. The van der Waals surface area contributed by atoms with Gasteiger partial charge in [0.1, 0.15) is 11.4 Å². The normalized spacial score (nSPS) is 14.5. The van der Waals surface area contributed by atoms with Crippen molar-refractivity contribution in [3.05, 3.63) is 45.2 Å². The van der Waals surface area contributed by atoms with Gasteiger partial charge in [-0.2, -0.15) is 0 Å². The van der Waals surface area contributed by atoms with Crippen LogP contribution in [0.4, 0.5) is 5.82 Å². The maximum Gasteiger partial charge on any atom is 0.341 e. The van der Waals surface area contributed by atoms with E-state index in [4.69, 9.17) is 4.74 Å². The quantitative estimate of drug-likeness (QED) is 0.717. The zero-order valence-corrected chi connectivity index (χ0v) is 15.7. The molecule has 1 fully saturated rings. The van der Waals surface area contributed by atoms with Crippen molar-refractivity contribution in [1.29, 1.82) is 0 Å². The van der Waals surface area contributed by atoms with Gasteiger partial charge in [0.15, 0.2) is 10.8 Å². The molecule has 0 aromatic carbocycles. The first-order valence-electron chi connectivity index (χ1n) is 8.56. The summed E-state index contributed by atoms with van der Waals surface area (Å²) in [4.78, 5) is 35.3. The van der Waals surface area contributed by atoms with Gasteiger partial charge in [-0.3, -0.25) is 9.36 Å². The van der Waals surface area contributed by atoms with E-state index in [9.17, 15) is 14.7 Å². The van der Waals surface area contributed by atoms with Crippen LogP contribution in [-0.2, 0) is 4.74 Å². The van der Waals surface area contributed by atoms with Gasteiger partial charge in [-0.15, -0.1) is 11.3 Å². The first-order valence-corrected chi connectivity index (χ1v) is 9.44. The van der Waals surface area contributed by atoms with E-state index in [1.165, 1.54) is 17.5 Å². The van der Waals surface area contributed by atoms with E-state index in [0.717, 1.165) is 18.9 Å². The molecule has 1 aliphatic rings. The Kier molecular flexibility index (Phi) is 4.40. The summed E-state index contributed by atoms with van der Waals surface area (Å²) in [6.45, 7) is 5.91. The van der Waals surface area contributed by atoms with Gasteiger partial charge in [0, 0.05) is 37.5 Å². The molecule has 4 rings (SSSR count). The summed E-state index contributed by atoms with van der Waals surface area (Å²) in [6, 6.07) is 1.82. The molecule has 140 valence electrons. The Bertz CT molecular complexity index is 1070. The first kappa shape index (κ1) is 17.6. The van der Waals surface area contributed by atoms with Gasteiger partial charge in [-0.1, -0.05) is 0 Å². The van der Waals surface area contributed by atoms with E-state index >= 15 is 0 Å². The molecule has 0 spiro atoms. The molecule has 27 heavy (non-hydrogen) atoms. The fourth-order valence-corrected chi connectivity index (χ4v) is 3.86. The van der Waals surface area contributed by atoms with Crippen molar-refractivity contribution in [2.45, 2.75) is 20.0 Å². The number of carboxylic acids is 1. The summed E-state index contributed by atoms with van der Waals surface area (Å²) < 4.78 is 7.18. The van der Waals surface area contributed by atoms with Crippen LogP contribution in [0.5, 0.6) is 0 Å². The standard InChI is InChI=1S/C18H18N4O4S/c1-3-26-11-7-21(8-11)13-6-10(2)14-15(23)12(17(24)25)9-22(16(14)20-13)18-19-4-5-27-18/h4-6,9,11H,3,7-8H2,1-2H3,(H,24,25). The number of ether oxygens (including phenoxy) is 1. The number of aryl methyl sites for hydroxylation is 1. The van der Waals surface area contributed by atoms with Crippen molar-refractivity contribution in [3.8, 4) is 5.13 Å². The van der Waals surface area contributed by atoms with Gasteiger partial charge < -0.3 is 14.7 Å². The fourth-order valence-electron chi connectivity index (χ4n) is 3.24. The molecule has 0 aliphatic carbocycles. The van der Waals surface area contributed by atoms with Gasteiger partial charge in [0.05, 0.1) is 11.5 Å². The number of rotatable bonds is 5. The fraction of sp³-hybridized carbons (Fsp3) is 0.333. The lowest BCUT2D eigenvalue weighted by Gasteiger charge is -2.39. The summed E-state index contributed by atoms with van der Waals surface area (Å²) in [7, 11) is 0. The maximum atomic E-state index is 12.7. The van der Waals surface area contributed by atoms with E-state index < -0.39 is 11.4 Å². The Morgan fingerprint density at radius 2 is 2.22 bits per heavy atom. The van der Waals surface area contributed by atoms with Crippen molar-refractivity contribution in [2.24, 2.45) is 0 Å². The van der Waals surface area contributed by atoms with E-state index in [1.807, 2.05) is 13.0 Å². The lowest BCUT2D eigenvalue weighted by molar-refractivity contribution is 0.0427. The van der Waals surface area contributed by atoms with Crippen molar-refractivity contribution in [1.82, 2.24) is 14.5 Å². The summed E-state index contributed by atoms with van der Waals surface area (Å²) in [5.41, 5.74) is 0.274. The second-order valence-corrected chi connectivity index (χ2v) is 7.21. The zero-order valence-electron chi connectivity index (χ0n) is 14.9. The lowest BCUT2D eigenvalue weighted by atomic mass is 10.1. The number of nitrogens with zero attached hydrogens (tertiary/aromatic N) is 4. The van der Waals surface area contributed by atoms with Crippen molar-refractivity contribution in [2.75, 3.05) is 24.6 Å². The number of thiazole rings is 1. The smallest absolute Gasteiger partial charge is 0.341 e. The average molecular weight is 386 g/mol. The predicted octanol–water partition coefficient (Wildman–Crippen LogP) is 2.07. The third-order valence-corrected chi connectivity index (χ3v) is 5.34. The number of carboxylic acid groups (broad SMARTS) is 1. The minimum atomic E-state index is -1.27. The van der Waals surface area contributed by atoms with Crippen LogP contribution >= 0.6 is 11.3 Å². The monoisotopic (exact) mass is 386 g/mol. The molecule has 4 heterocycles. The van der Waals surface area contributed by atoms with Gasteiger partial charge >= 0.3 is 5.97 Å². The van der Waals surface area contributed by atoms with E-state index in [2.05, 4.69) is 14.9 Å². The first-order chi connectivity index (χ1) is 13.0. The molecular formula is C18H18N4O4S. The summed E-state index contributed by atoms with van der Waals surface area (Å²) in [5.74, 6) is -0.526. The number of anilines is 1. The van der Waals surface area contributed by atoms with Crippen molar-refractivity contribution >= 4 is 34.2 Å². The molecule has 3 aromatic rings. The zero-order chi connectivity index (χ0) is 19.1. The highest BCUT2D eigenvalue weighted by Gasteiger charge is 2.29. The van der Waals surface area contributed by atoms with Crippen LogP contribution in [-0.4, -0.2) is 51.4 Å². The van der Waals surface area contributed by atoms with E-state index in [-0.39, 0.29) is 11.7 Å². The summed E-state index contributed by atoms with van der Waals surface area (Å²) in [5, 5.41) is 12.1. The molecule has 0 amide bonds. The van der Waals surface area contributed by atoms with E-state index in [1.54, 1.807) is 23.1 Å². The Labute approximate surface area is 158 Å². The second-order valence-electron chi connectivity index (χ2n) is 6.34. The molecule has 0 saturated carbocycles. The number of carbonyl (C=O) groups is 1. The Balaban J connectivity index is 1.90. The van der Waals surface area contributed by atoms with Crippen LogP contribution in [0, 0.1) is 6.92 Å². The van der Waals surface area contributed by atoms with Crippen LogP contribution in [0.15, 0.2) is 28.6 Å². The maximum absolute atomic E-state index is 12.7. The number of hydrogen-bond donors (Lipinski definition) is 1. The van der Waals surface area contributed by atoms with Crippen molar-refractivity contribution < 1.29 is 14.6 Å². The number of pyridine rings is 2. The van der Waals surface area contributed by atoms with Crippen molar-refractivity contribution in [3.63, 3.8) is 0 Å². The molecule has 3 aromatic heterocycles. The Morgan fingerprint density at radius 1 is 1.44 bits per heavy atom. The van der Waals surface area contributed by atoms with E-state index in [0.29, 0.717) is 28.3 Å². The van der Waals surface area contributed by atoms with Gasteiger partial charge in [0.25, 0.3) is 0 Å². The third kappa shape index (κ3) is 2.98. The van der Waals surface area contributed by atoms with Crippen LogP contribution in [0.3, 0.4) is 0 Å². The summed E-state index contributed by atoms with van der Waals surface area (Å²) >= 11 is 1.35. The predicted molar refractivity (Wildman–Crippen MR) is 102 cm³/mol. The van der Waals surface area contributed by atoms with Crippen LogP contribution in [0.25, 0.3) is 16.2 Å². The molecule has 0 atom stereocenters. The third-order valence-electron chi connectivity index (χ3n) is 4.57. The van der Waals surface area contributed by atoms with Crippen LogP contribution in [0.1, 0.15) is 22.8 Å². The molecular weight excluding hydrogens is 368 g/mol. The molecule has 0 radical (unpaired) electrons. The topological polar surface area (TPSA) is 97.6 Å². The summed E-state index contributed by atoms with van der Waals surface area (Å²) in [6.07, 6.45) is 3.12. The molecule has 1 saturated heterocycles. The number of fused-ring (bicyclic) bond motifs is 1. The van der Waals surface area contributed by atoms with Gasteiger partial charge in [-0.25, -0.2) is 14.8 Å². The SMILES string of the molecule is CCOC1CN(c2cc(C)c3c(=O)c(C(=O)O)cn(-c4nccs4)c3n2)C1. The van der Waals surface area contributed by atoms with Crippen LogP contribution < -0.4 is 10.3 Å². The van der Waals surface area contributed by atoms with Gasteiger partial charge in [-0.05, 0) is 25.5 Å². The number of hydrogen-bond acceptors (Lipinski definition) is 7. The largest absolute Gasteiger partial charge is 0.477 e. The van der Waals surface area contributed by atoms with Crippen LogP contribution in [0.2, 0.25) is 0 Å². The molecule has 1 N–H and O–H groups in total. The molecule has 8 nitrogen and oxygen atoms in total. The molecule has 0 unspecified atom stereocenters. The molecule has 9 heteroatoms. The minimum Gasteiger partial charge on any atom is -0.477 e. The molecule has 1 aliphatic heterocycles. The second kappa shape index (κ2) is 6.75. The lowest BCUT2D eigenvalue weighted by Crippen LogP contribution is -2.52. The highest BCUT2D eigenvalue weighted by atomic mass is 32.1. The number of aromatic nitrogens is 3.